The fourth-order valence-corrected chi connectivity index (χ4v) is 4.42. The van der Waals surface area contributed by atoms with Crippen molar-refractivity contribution in [2.75, 3.05) is 12.3 Å². The summed E-state index contributed by atoms with van der Waals surface area (Å²) in [4.78, 5) is 26.4. The van der Waals surface area contributed by atoms with Gasteiger partial charge in [-0.25, -0.2) is 14.3 Å². The number of aromatic nitrogens is 5. The molecule has 214 valence electrons. The molecule has 0 saturated heterocycles. The molecule has 0 bridgehead atoms. The molecule has 0 saturated carbocycles. The molecule has 5 aromatic rings. The Labute approximate surface area is 235 Å². The monoisotopic (exact) mass is 588 g/mol. The van der Waals surface area contributed by atoms with Gasteiger partial charge in [-0.1, -0.05) is 41.9 Å². The largest absolute Gasteiger partial charge is 0.490 e. The van der Waals surface area contributed by atoms with E-state index in [1.807, 2.05) is 49.5 Å². The lowest BCUT2D eigenvalue weighted by molar-refractivity contribution is -0.192. The molecular formula is C26H24ClF3N8O3. The van der Waals surface area contributed by atoms with Gasteiger partial charge in [0.25, 0.3) is 5.91 Å². The number of hydrogen-bond donors (Lipinski definition) is 4. The minimum absolute atomic E-state index is 0.112. The summed E-state index contributed by atoms with van der Waals surface area (Å²) in [6.45, 7) is 2.93. The standard InChI is InChI=1S/C24H23ClN8O.C2HF3O2/c1-14(29-24(34)20-22(27)31-33-10-5-9-28-23(20)33)16-12-18(25)17-13-32(11-8-26)30-21(17)19(16)15-6-3-2-4-7-15;3-2(4,5)1(6)7/h2-7,9-10,12-14H,8,11,26H2,1H3,(H2,27,31)(H,29,34);(H,6,7). The van der Waals surface area contributed by atoms with Gasteiger partial charge in [-0.05, 0) is 30.2 Å². The number of rotatable bonds is 6. The first-order valence-corrected chi connectivity index (χ1v) is 12.4. The van der Waals surface area contributed by atoms with Crippen LogP contribution in [0.4, 0.5) is 19.0 Å². The van der Waals surface area contributed by atoms with Crippen LogP contribution >= 0.6 is 11.6 Å². The maximum absolute atomic E-state index is 13.3. The Kier molecular flexibility index (Phi) is 8.44. The summed E-state index contributed by atoms with van der Waals surface area (Å²) in [6.07, 6.45) is 0.0999. The van der Waals surface area contributed by atoms with Gasteiger partial charge in [-0.2, -0.15) is 18.3 Å². The second-order valence-electron chi connectivity index (χ2n) is 8.78. The summed E-state index contributed by atoms with van der Waals surface area (Å²) in [6, 6.07) is 13.1. The number of carboxylic acids is 1. The average molecular weight is 589 g/mol. The second-order valence-corrected chi connectivity index (χ2v) is 9.19. The average Bonchev–Trinajstić information content (AvgIpc) is 3.49. The fraction of sp³-hybridized carbons (Fsp3) is 0.192. The van der Waals surface area contributed by atoms with Crippen molar-refractivity contribution < 1.29 is 27.9 Å². The van der Waals surface area contributed by atoms with Crippen LogP contribution in [0.25, 0.3) is 27.7 Å². The Balaban J connectivity index is 0.000000493. The summed E-state index contributed by atoms with van der Waals surface area (Å²) >= 11 is 6.68. The zero-order valence-corrected chi connectivity index (χ0v) is 22.2. The number of nitrogens with one attached hydrogen (secondary N) is 1. The highest BCUT2D eigenvalue weighted by Crippen LogP contribution is 2.38. The molecule has 2 aromatic carbocycles. The Morgan fingerprint density at radius 3 is 2.49 bits per heavy atom. The van der Waals surface area contributed by atoms with Gasteiger partial charge in [-0.15, -0.1) is 5.10 Å². The SMILES string of the molecule is CC(NC(=O)c1c(N)nn2cccnc12)c1cc(Cl)c2cn(CCN)nc2c1-c1ccccc1.O=C(O)C(F)(F)F. The van der Waals surface area contributed by atoms with Gasteiger partial charge in [0, 0.05) is 36.1 Å². The van der Waals surface area contributed by atoms with E-state index in [2.05, 4.69) is 15.4 Å². The summed E-state index contributed by atoms with van der Waals surface area (Å²) in [5, 5.41) is 20.5. The van der Waals surface area contributed by atoms with Crippen molar-refractivity contribution in [3.63, 3.8) is 0 Å². The quantitative estimate of drug-likeness (QED) is 0.230. The first-order valence-electron chi connectivity index (χ1n) is 12.1. The van der Waals surface area contributed by atoms with E-state index in [9.17, 15) is 18.0 Å². The zero-order valence-electron chi connectivity index (χ0n) is 21.4. The maximum Gasteiger partial charge on any atom is 0.490 e. The van der Waals surface area contributed by atoms with Crippen LogP contribution in [0, 0.1) is 0 Å². The Morgan fingerprint density at radius 1 is 1.17 bits per heavy atom. The molecule has 1 unspecified atom stereocenters. The third kappa shape index (κ3) is 6.23. The molecular weight excluding hydrogens is 565 g/mol. The number of anilines is 1. The molecule has 1 atom stereocenters. The van der Waals surface area contributed by atoms with E-state index in [0.29, 0.717) is 23.8 Å². The number of carbonyl (C=O) groups is 2. The number of nitrogen functional groups attached to an aromatic ring is 1. The number of amides is 1. The smallest absolute Gasteiger partial charge is 0.475 e. The van der Waals surface area contributed by atoms with Gasteiger partial charge in [0.2, 0.25) is 0 Å². The third-order valence-electron chi connectivity index (χ3n) is 5.95. The van der Waals surface area contributed by atoms with Crippen molar-refractivity contribution in [3.8, 4) is 11.1 Å². The fourth-order valence-electron chi connectivity index (χ4n) is 4.17. The highest BCUT2D eigenvalue weighted by Gasteiger charge is 2.38. The van der Waals surface area contributed by atoms with Gasteiger partial charge in [0.1, 0.15) is 11.1 Å². The number of halogens is 4. The van der Waals surface area contributed by atoms with Crippen LogP contribution in [-0.4, -0.2) is 54.1 Å². The molecule has 5 rings (SSSR count). The molecule has 15 heteroatoms. The second kappa shape index (κ2) is 11.8. The lowest BCUT2D eigenvalue weighted by Gasteiger charge is -2.19. The maximum atomic E-state index is 13.3. The van der Waals surface area contributed by atoms with E-state index in [-0.39, 0.29) is 17.3 Å². The van der Waals surface area contributed by atoms with E-state index < -0.39 is 18.2 Å². The van der Waals surface area contributed by atoms with Crippen LogP contribution in [0.15, 0.2) is 61.1 Å². The molecule has 3 aromatic heterocycles. The number of fused-ring (bicyclic) bond motifs is 2. The number of nitrogens with zero attached hydrogens (tertiary/aromatic N) is 5. The van der Waals surface area contributed by atoms with E-state index in [1.165, 1.54) is 4.52 Å². The van der Waals surface area contributed by atoms with Crippen LogP contribution in [-0.2, 0) is 11.3 Å². The molecule has 0 aliphatic heterocycles. The Morgan fingerprint density at radius 2 is 1.85 bits per heavy atom. The molecule has 0 aliphatic carbocycles. The number of carbonyl (C=O) groups excluding carboxylic acids is 1. The van der Waals surface area contributed by atoms with Crippen molar-refractivity contribution in [2.45, 2.75) is 25.7 Å². The van der Waals surface area contributed by atoms with Crippen molar-refractivity contribution >= 4 is 45.8 Å². The molecule has 3 heterocycles. The minimum Gasteiger partial charge on any atom is -0.475 e. The number of benzene rings is 2. The number of aliphatic carboxylic acids is 1. The predicted molar refractivity (Wildman–Crippen MR) is 146 cm³/mol. The van der Waals surface area contributed by atoms with Gasteiger partial charge >= 0.3 is 12.1 Å². The molecule has 1 amide bonds. The van der Waals surface area contributed by atoms with Crippen LogP contribution in [0.5, 0.6) is 0 Å². The normalized spacial score (nSPS) is 12.1. The lowest BCUT2D eigenvalue weighted by atomic mass is 9.93. The summed E-state index contributed by atoms with van der Waals surface area (Å²) in [7, 11) is 0. The number of hydrogen-bond acceptors (Lipinski definition) is 7. The first kappa shape index (κ1) is 29.3. The van der Waals surface area contributed by atoms with Crippen LogP contribution in [0.2, 0.25) is 5.02 Å². The van der Waals surface area contributed by atoms with E-state index in [0.717, 1.165) is 27.6 Å². The number of alkyl halides is 3. The Hall–Kier alpha value is -4.69. The molecule has 6 N–H and O–H groups in total. The molecule has 0 fully saturated rings. The predicted octanol–water partition coefficient (Wildman–Crippen LogP) is 4.06. The molecule has 0 aliphatic rings. The van der Waals surface area contributed by atoms with Crippen molar-refractivity contribution in [3.05, 3.63) is 77.2 Å². The van der Waals surface area contributed by atoms with Crippen molar-refractivity contribution in [1.29, 1.82) is 0 Å². The molecule has 11 nitrogen and oxygen atoms in total. The third-order valence-corrected chi connectivity index (χ3v) is 6.27. The minimum atomic E-state index is -5.08. The summed E-state index contributed by atoms with van der Waals surface area (Å²) in [5.74, 6) is -3.02. The first-order chi connectivity index (χ1) is 19.4. The number of nitrogens with two attached hydrogens (primary N) is 2. The van der Waals surface area contributed by atoms with Crippen LogP contribution in [0.3, 0.4) is 0 Å². The van der Waals surface area contributed by atoms with Gasteiger partial charge in [-0.3, -0.25) is 9.48 Å². The van der Waals surface area contributed by atoms with Crippen molar-refractivity contribution in [2.24, 2.45) is 5.73 Å². The highest BCUT2D eigenvalue weighted by atomic mass is 35.5. The lowest BCUT2D eigenvalue weighted by Crippen LogP contribution is -2.27. The van der Waals surface area contributed by atoms with Crippen molar-refractivity contribution in [1.82, 2.24) is 29.7 Å². The van der Waals surface area contributed by atoms with Gasteiger partial charge < -0.3 is 21.9 Å². The molecule has 0 spiro atoms. The summed E-state index contributed by atoms with van der Waals surface area (Å²) < 4.78 is 35.0. The van der Waals surface area contributed by atoms with Gasteiger partial charge in [0.15, 0.2) is 11.5 Å². The Bertz CT molecular complexity index is 1720. The van der Waals surface area contributed by atoms with E-state index in [4.69, 9.17) is 38.1 Å². The summed E-state index contributed by atoms with van der Waals surface area (Å²) in [5.41, 5.74) is 15.8. The number of carboxylic acid groups (broad SMARTS) is 1. The topological polar surface area (TPSA) is 166 Å². The van der Waals surface area contributed by atoms with E-state index >= 15 is 0 Å². The molecule has 41 heavy (non-hydrogen) atoms. The highest BCUT2D eigenvalue weighted by molar-refractivity contribution is 6.36. The zero-order chi connectivity index (χ0) is 29.9. The van der Waals surface area contributed by atoms with Gasteiger partial charge in [0.05, 0.1) is 17.6 Å². The van der Waals surface area contributed by atoms with Crippen LogP contribution < -0.4 is 16.8 Å². The van der Waals surface area contributed by atoms with E-state index in [1.54, 1.807) is 23.1 Å². The van der Waals surface area contributed by atoms with Crippen LogP contribution in [0.1, 0.15) is 28.9 Å². The molecule has 0 radical (unpaired) electrons.